The number of hydrogen-bond acceptors (Lipinski definition) is 3. The molecular weight excluding hydrogens is 244 g/mol. The van der Waals surface area contributed by atoms with Crippen molar-refractivity contribution in [3.8, 4) is 11.5 Å². The van der Waals surface area contributed by atoms with Gasteiger partial charge in [-0.25, -0.2) is 4.79 Å². The summed E-state index contributed by atoms with van der Waals surface area (Å²) in [4.78, 5) is 11.2. The molecule has 0 unspecified atom stereocenters. The fourth-order valence-corrected chi connectivity index (χ4v) is 2.49. The lowest BCUT2D eigenvalue weighted by atomic mass is 9.90. The number of carbonyl (C=O) groups is 1. The first-order chi connectivity index (χ1) is 9.20. The summed E-state index contributed by atoms with van der Waals surface area (Å²) in [5.41, 5.74) is 0.191. The normalized spacial score (nSPS) is 16.1. The quantitative estimate of drug-likeness (QED) is 0.886. The third-order valence-corrected chi connectivity index (χ3v) is 3.62. The summed E-state index contributed by atoms with van der Waals surface area (Å²) in [5.74, 6) is 0.587. The van der Waals surface area contributed by atoms with Gasteiger partial charge in [0.15, 0.2) is 0 Å². The molecular formula is C15H20O4. The summed E-state index contributed by atoms with van der Waals surface area (Å²) in [7, 11) is 1.56. The molecule has 1 aliphatic rings. The fraction of sp³-hybridized carbons (Fsp3) is 0.533. The standard InChI is InChI=1S/C15H20O4/c1-18-12-7-8-13(15(16)17)14(9-12)19-10-11-5-3-2-4-6-11/h7-9,11H,2-6,10H2,1H3,(H,16,17). The van der Waals surface area contributed by atoms with Crippen LogP contribution in [0.4, 0.5) is 0 Å². The Bertz CT molecular complexity index is 436. The molecule has 0 bridgehead atoms. The molecule has 0 saturated heterocycles. The van der Waals surface area contributed by atoms with E-state index in [4.69, 9.17) is 14.6 Å². The second kappa shape index (κ2) is 6.45. The van der Waals surface area contributed by atoms with E-state index >= 15 is 0 Å². The van der Waals surface area contributed by atoms with E-state index in [1.807, 2.05) is 0 Å². The maximum atomic E-state index is 11.2. The summed E-state index contributed by atoms with van der Waals surface area (Å²) in [5, 5.41) is 9.15. The van der Waals surface area contributed by atoms with Crippen LogP contribution in [-0.2, 0) is 0 Å². The van der Waals surface area contributed by atoms with E-state index in [9.17, 15) is 4.79 Å². The van der Waals surface area contributed by atoms with E-state index in [0.29, 0.717) is 24.0 Å². The first-order valence-corrected chi connectivity index (χ1v) is 6.75. The molecule has 0 spiro atoms. The van der Waals surface area contributed by atoms with Gasteiger partial charge in [-0.05, 0) is 30.9 Å². The Morgan fingerprint density at radius 3 is 2.68 bits per heavy atom. The van der Waals surface area contributed by atoms with E-state index in [1.165, 1.54) is 38.2 Å². The highest BCUT2D eigenvalue weighted by atomic mass is 16.5. The third-order valence-electron chi connectivity index (χ3n) is 3.62. The fourth-order valence-electron chi connectivity index (χ4n) is 2.49. The van der Waals surface area contributed by atoms with E-state index in [0.717, 1.165) is 0 Å². The minimum Gasteiger partial charge on any atom is -0.497 e. The molecule has 1 aromatic carbocycles. The van der Waals surface area contributed by atoms with Gasteiger partial charge in [-0.1, -0.05) is 19.3 Å². The highest BCUT2D eigenvalue weighted by Crippen LogP contribution is 2.28. The SMILES string of the molecule is COc1ccc(C(=O)O)c(OCC2CCCCC2)c1. The monoisotopic (exact) mass is 264 g/mol. The van der Waals surface area contributed by atoms with Crippen LogP contribution in [0.15, 0.2) is 18.2 Å². The van der Waals surface area contributed by atoms with E-state index < -0.39 is 5.97 Å². The average molecular weight is 264 g/mol. The lowest BCUT2D eigenvalue weighted by Gasteiger charge is -2.22. The van der Waals surface area contributed by atoms with Crippen LogP contribution in [0.3, 0.4) is 0 Å². The molecule has 104 valence electrons. The van der Waals surface area contributed by atoms with Gasteiger partial charge >= 0.3 is 5.97 Å². The third kappa shape index (κ3) is 3.63. The molecule has 1 fully saturated rings. The van der Waals surface area contributed by atoms with Crippen molar-refractivity contribution in [1.29, 1.82) is 0 Å². The molecule has 4 nitrogen and oxygen atoms in total. The molecule has 1 aliphatic carbocycles. The van der Waals surface area contributed by atoms with E-state index in [-0.39, 0.29) is 5.56 Å². The largest absolute Gasteiger partial charge is 0.497 e. The van der Waals surface area contributed by atoms with Crippen molar-refractivity contribution in [1.82, 2.24) is 0 Å². The van der Waals surface area contributed by atoms with Gasteiger partial charge in [0, 0.05) is 6.07 Å². The average Bonchev–Trinajstić information content (AvgIpc) is 2.45. The van der Waals surface area contributed by atoms with Crippen molar-refractivity contribution in [3.05, 3.63) is 23.8 Å². The summed E-state index contributed by atoms with van der Waals surface area (Å²) in [6.45, 7) is 0.591. The maximum Gasteiger partial charge on any atom is 0.339 e. The molecule has 0 radical (unpaired) electrons. The molecule has 1 N–H and O–H groups in total. The molecule has 4 heteroatoms. The summed E-state index contributed by atoms with van der Waals surface area (Å²) < 4.78 is 10.8. The van der Waals surface area contributed by atoms with Gasteiger partial charge in [0.05, 0.1) is 13.7 Å². The van der Waals surface area contributed by atoms with Crippen LogP contribution in [-0.4, -0.2) is 24.8 Å². The summed E-state index contributed by atoms with van der Waals surface area (Å²) in [6, 6.07) is 4.81. The first-order valence-electron chi connectivity index (χ1n) is 6.75. The van der Waals surface area contributed by atoms with Crippen LogP contribution < -0.4 is 9.47 Å². The van der Waals surface area contributed by atoms with Gasteiger partial charge in [0.25, 0.3) is 0 Å². The smallest absolute Gasteiger partial charge is 0.339 e. The zero-order valence-corrected chi connectivity index (χ0v) is 11.2. The Labute approximate surface area is 113 Å². The highest BCUT2D eigenvalue weighted by Gasteiger charge is 2.17. The van der Waals surface area contributed by atoms with Crippen LogP contribution in [0.5, 0.6) is 11.5 Å². The molecule has 19 heavy (non-hydrogen) atoms. The van der Waals surface area contributed by atoms with Crippen LogP contribution >= 0.6 is 0 Å². The number of rotatable bonds is 5. The van der Waals surface area contributed by atoms with Crippen molar-refractivity contribution >= 4 is 5.97 Å². The van der Waals surface area contributed by atoms with Gasteiger partial charge < -0.3 is 14.6 Å². The Hall–Kier alpha value is -1.71. The Morgan fingerprint density at radius 1 is 1.32 bits per heavy atom. The number of carboxylic acid groups (broad SMARTS) is 1. The second-order valence-electron chi connectivity index (χ2n) is 4.98. The molecule has 0 atom stereocenters. The van der Waals surface area contributed by atoms with Gasteiger partial charge in [-0.2, -0.15) is 0 Å². The molecule has 0 aliphatic heterocycles. The number of carboxylic acids is 1. The molecule has 1 aromatic rings. The van der Waals surface area contributed by atoms with Gasteiger partial charge in [0.1, 0.15) is 17.1 Å². The maximum absolute atomic E-state index is 11.2. The second-order valence-corrected chi connectivity index (χ2v) is 4.98. The van der Waals surface area contributed by atoms with Crippen LogP contribution in [0.1, 0.15) is 42.5 Å². The minimum absolute atomic E-state index is 0.191. The molecule has 0 aromatic heterocycles. The zero-order valence-electron chi connectivity index (χ0n) is 11.2. The molecule has 1 saturated carbocycles. The molecule has 2 rings (SSSR count). The van der Waals surface area contributed by atoms with Crippen LogP contribution in [0.25, 0.3) is 0 Å². The van der Waals surface area contributed by atoms with Crippen molar-refractivity contribution in [2.24, 2.45) is 5.92 Å². The van der Waals surface area contributed by atoms with E-state index in [2.05, 4.69) is 0 Å². The molecule has 0 amide bonds. The lowest BCUT2D eigenvalue weighted by Crippen LogP contribution is -2.16. The van der Waals surface area contributed by atoms with Gasteiger partial charge in [-0.3, -0.25) is 0 Å². The van der Waals surface area contributed by atoms with Crippen molar-refractivity contribution < 1.29 is 19.4 Å². The number of methoxy groups -OCH3 is 1. The topological polar surface area (TPSA) is 55.8 Å². The minimum atomic E-state index is -0.971. The van der Waals surface area contributed by atoms with Crippen LogP contribution in [0, 0.1) is 5.92 Å². The lowest BCUT2D eigenvalue weighted by molar-refractivity contribution is 0.0690. The summed E-state index contributed by atoms with van der Waals surface area (Å²) in [6.07, 6.45) is 6.14. The number of hydrogen-bond donors (Lipinski definition) is 1. The predicted octanol–water partition coefficient (Wildman–Crippen LogP) is 3.35. The van der Waals surface area contributed by atoms with Crippen molar-refractivity contribution in [2.45, 2.75) is 32.1 Å². The summed E-state index contributed by atoms with van der Waals surface area (Å²) >= 11 is 0. The van der Waals surface area contributed by atoms with Gasteiger partial charge in [-0.15, -0.1) is 0 Å². The molecule has 0 heterocycles. The predicted molar refractivity (Wildman–Crippen MR) is 72.0 cm³/mol. The van der Waals surface area contributed by atoms with E-state index in [1.54, 1.807) is 19.2 Å². The first kappa shape index (κ1) is 13.7. The zero-order chi connectivity index (χ0) is 13.7. The number of benzene rings is 1. The Morgan fingerprint density at radius 2 is 2.05 bits per heavy atom. The Balaban J connectivity index is 2.06. The van der Waals surface area contributed by atoms with Gasteiger partial charge in [0.2, 0.25) is 0 Å². The highest BCUT2D eigenvalue weighted by molar-refractivity contribution is 5.91. The Kier molecular flexibility index (Phi) is 4.66. The van der Waals surface area contributed by atoms with Crippen molar-refractivity contribution in [2.75, 3.05) is 13.7 Å². The number of ether oxygens (including phenoxy) is 2. The van der Waals surface area contributed by atoms with Crippen molar-refractivity contribution in [3.63, 3.8) is 0 Å². The number of aromatic carboxylic acids is 1. The van der Waals surface area contributed by atoms with Crippen LogP contribution in [0.2, 0.25) is 0 Å².